The minimum atomic E-state index is 0.188. The summed E-state index contributed by atoms with van der Waals surface area (Å²) >= 11 is 0. The fourth-order valence-corrected chi connectivity index (χ4v) is 4.32. The van der Waals surface area contributed by atoms with Gasteiger partial charge in [0, 0.05) is 31.0 Å². The summed E-state index contributed by atoms with van der Waals surface area (Å²) in [6.07, 6.45) is 4.47. The highest BCUT2D eigenvalue weighted by Gasteiger charge is 2.62. The molecule has 20 heavy (non-hydrogen) atoms. The molecule has 0 radical (unpaired) electrons. The SMILES string of the molecule is CN(C(=O)C1CC12CCc1ccccc12)C1CCNC1. The van der Waals surface area contributed by atoms with Crippen LogP contribution >= 0.6 is 0 Å². The second-order valence-corrected chi connectivity index (χ2v) is 6.67. The van der Waals surface area contributed by atoms with Crippen LogP contribution in [0.5, 0.6) is 0 Å². The lowest BCUT2D eigenvalue weighted by atomic mass is 9.95. The first-order chi connectivity index (χ1) is 9.72. The average Bonchev–Trinajstić information content (AvgIpc) is 2.84. The average molecular weight is 270 g/mol. The molecule has 1 spiro atoms. The lowest BCUT2D eigenvalue weighted by Crippen LogP contribution is -2.40. The first-order valence-electron chi connectivity index (χ1n) is 7.78. The number of aryl methyl sites for hydroxylation is 1. The summed E-state index contributed by atoms with van der Waals surface area (Å²) in [4.78, 5) is 14.8. The van der Waals surface area contributed by atoms with E-state index in [1.165, 1.54) is 17.5 Å². The summed E-state index contributed by atoms with van der Waals surface area (Å²) in [5.74, 6) is 0.604. The van der Waals surface area contributed by atoms with E-state index in [0.29, 0.717) is 11.9 Å². The zero-order valence-electron chi connectivity index (χ0n) is 12.1. The molecule has 1 aromatic carbocycles. The van der Waals surface area contributed by atoms with Crippen LogP contribution in [0.3, 0.4) is 0 Å². The van der Waals surface area contributed by atoms with Crippen LogP contribution in [-0.2, 0) is 16.6 Å². The fraction of sp³-hybridized carbons (Fsp3) is 0.588. The van der Waals surface area contributed by atoms with E-state index in [4.69, 9.17) is 0 Å². The van der Waals surface area contributed by atoms with Crippen molar-refractivity contribution in [1.82, 2.24) is 10.2 Å². The Labute approximate surface area is 120 Å². The zero-order valence-corrected chi connectivity index (χ0v) is 12.1. The first kappa shape index (κ1) is 12.4. The summed E-state index contributed by atoms with van der Waals surface area (Å²) in [5.41, 5.74) is 3.11. The van der Waals surface area contributed by atoms with Crippen LogP contribution in [0.1, 0.15) is 30.4 Å². The third kappa shape index (κ3) is 1.65. The van der Waals surface area contributed by atoms with Crippen LogP contribution in [0.25, 0.3) is 0 Å². The van der Waals surface area contributed by atoms with Crippen molar-refractivity contribution < 1.29 is 4.79 Å². The maximum atomic E-state index is 12.8. The summed E-state index contributed by atoms with van der Waals surface area (Å²) in [5, 5.41) is 3.35. The lowest BCUT2D eigenvalue weighted by molar-refractivity contribution is -0.133. The second kappa shape index (κ2) is 4.32. The van der Waals surface area contributed by atoms with E-state index in [1.807, 2.05) is 11.9 Å². The Bertz CT molecular complexity index is 550. The smallest absolute Gasteiger partial charge is 0.226 e. The Hall–Kier alpha value is -1.35. The van der Waals surface area contributed by atoms with Gasteiger partial charge in [0.15, 0.2) is 0 Å². The topological polar surface area (TPSA) is 32.3 Å². The van der Waals surface area contributed by atoms with Gasteiger partial charge in [0.25, 0.3) is 0 Å². The standard InChI is InChI=1S/C17H22N2O/c1-19(13-7-9-18-11-13)16(20)15-10-17(15)8-6-12-4-2-3-5-14(12)17/h2-5,13,15,18H,6-11H2,1H3. The van der Waals surface area contributed by atoms with Crippen molar-refractivity contribution in [2.75, 3.05) is 20.1 Å². The number of hydrogen-bond donors (Lipinski definition) is 1. The van der Waals surface area contributed by atoms with Gasteiger partial charge >= 0.3 is 0 Å². The van der Waals surface area contributed by atoms with Crippen molar-refractivity contribution in [2.24, 2.45) is 5.92 Å². The molecule has 1 aromatic rings. The number of fused-ring (bicyclic) bond motifs is 2. The van der Waals surface area contributed by atoms with Gasteiger partial charge in [-0.2, -0.15) is 0 Å². The molecule has 1 aliphatic heterocycles. The molecule has 106 valence electrons. The molecular weight excluding hydrogens is 248 g/mol. The minimum absolute atomic E-state index is 0.188. The number of nitrogens with zero attached hydrogens (tertiary/aromatic N) is 1. The molecule has 1 heterocycles. The van der Waals surface area contributed by atoms with Gasteiger partial charge < -0.3 is 10.2 Å². The van der Waals surface area contributed by atoms with E-state index in [-0.39, 0.29) is 11.3 Å². The van der Waals surface area contributed by atoms with Crippen LogP contribution in [0, 0.1) is 5.92 Å². The summed E-state index contributed by atoms with van der Waals surface area (Å²) in [6.45, 7) is 2.00. The van der Waals surface area contributed by atoms with Crippen molar-refractivity contribution in [2.45, 2.75) is 37.1 Å². The van der Waals surface area contributed by atoms with Crippen molar-refractivity contribution in [1.29, 1.82) is 0 Å². The number of carbonyl (C=O) groups is 1. The molecule has 3 heteroatoms. The third-order valence-electron chi connectivity index (χ3n) is 5.70. The van der Waals surface area contributed by atoms with Gasteiger partial charge in [0.2, 0.25) is 5.91 Å². The van der Waals surface area contributed by atoms with E-state index in [9.17, 15) is 4.79 Å². The normalized spacial score (nSPS) is 34.2. The van der Waals surface area contributed by atoms with Crippen molar-refractivity contribution >= 4 is 5.91 Å². The third-order valence-corrected chi connectivity index (χ3v) is 5.70. The molecule has 1 amide bonds. The lowest BCUT2D eigenvalue weighted by Gasteiger charge is -2.25. The molecule has 3 nitrogen and oxygen atoms in total. The van der Waals surface area contributed by atoms with E-state index in [1.54, 1.807) is 0 Å². The van der Waals surface area contributed by atoms with E-state index < -0.39 is 0 Å². The van der Waals surface area contributed by atoms with Crippen molar-refractivity contribution in [3.8, 4) is 0 Å². The van der Waals surface area contributed by atoms with Crippen LogP contribution in [-0.4, -0.2) is 37.0 Å². The minimum Gasteiger partial charge on any atom is -0.341 e. The quantitative estimate of drug-likeness (QED) is 0.887. The van der Waals surface area contributed by atoms with E-state index >= 15 is 0 Å². The number of likely N-dealkylation sites (N-methyl/N-ethyl adjacent to an activating group) is 1. The molecule has 1 saturated heterocycles. The molecule has 1 saturated carbocycles. The van der Waals surface area contributed by atoms with Gasteiger partial charge in [-0.3, -0.25) is 4.79 Å². The summed E-state index contributed by atoms with van der Waals surface area (Å²) in [6, 6.07) is 9.11. The number of benzene rings is 1. The van der Waals surface area contributed by atoms with Crippen molar-refractivity contribution in [3.05, 3.63) is 35.4 Å². The van der Waals surface area contributed by atoms with Gasteiger partial charge in [0.05, 0.1) is 0 Å². The number of rotatable bonds is 2. The predicted octanol–water partition coefficient (Wildman–Crippen LogP) is 1.71. The van der Waals surface area contributed by atoms with Crippen LogP contribution in [0.15, 0.2) is 24.3 Å². The van der Waals surface area contributed by atoms with Crippen LogP contribution in [0.4, 0.5) is 0 Å². The summed E-state index contributed by atoms with van der Waals surface area (Å²) < 4.78 is 0. The molecule has 3 aliphatic rings. The Morgan fingerprint density at radius 3 is 3.05 bits per heavy atom. The Morgan fingerprint density at radius 1 is 1.40 bits per heavy atom. The number of amides is 1. The van der Waals surface area contributed by atoms with Crippen LogP contribution in [0.2, 0.25) is 0 Å². The molecule has 2 fully saturated rings. The van der Waals surface area contributed by atoms with E-state index in [2.05, 4.69) is 29.6 Å². The summed E-state index contributed by atoms with van der Waals surface area (Å²) in [7, 11) is 1.99. The number of nitrogens with one attached hydrogen (secondary N) is 1. The van der Waals surface area contributed by atoms with E-state index in [0.717, 1.165) is 32.4 Å². The Morgan fingerprint density at radius 2 is 2.25 bits per heavy atom. The molecule has 1 N–H and O–H groups in total. The molecule has 3 unspecified atom stereocenters. The fourth-order valence-electron chi connectivity index (χ4n) is 4.32. The maximum absolute atomic E-state index is 12.8. The van der Waals surface area contributed by atoms with Crippen molar-refractivity contribution in [3.63, 3.8) is 0 Å². The highest BCUT2D eigenvalue weighted by Crippen LogP contribution is 2.62. The largest absolute Gasteiger partial charge is 0.341 e. The molecule has 2 aliphatic carbocycles. The van der Waals surface area contributed by atoms with Gasteiger partial charge in [-0.1, -0.05) is 24.3 Å². The maximum Gasteiger partial charge on any atom is 0.226 e. The molecule has 4 rings (SSSR count). The zero-order chi connectivity index (χ0) is 13.7. The highest BCUT2D eigenvalue weighted by atomic mass is 16.2. The molecular formula is C17H22N2O. The van der Waals surface area contributed by atoms with Gasteiger partial charge in [-0.05, 0) is 43.4 Å². The molecule has 0 aromatic heterocycles. The Kier molecular flexibility index (Phi) is 2.68. The molecule has 3 atom stereocenters. The number of hydrogen-bond acceptors (Lipinski definition) is 2. The monoisotopic (exact) mass is 270 g/mol. The van der Waals surface area contributed by atoms with Gasteiger partial charge in [0.1, 0.15) is 0 Å². The molecule has 0 bridgehead atoms. The predicted molar refractivity (Wildman–Crippen MR) is 78.6 cm³/mol. The van der Waals surface area contributed by atoms with Gasteiger partial charge in [-0.25, -0.2) is 0 Å². The second-order valence-electron chi connectivity index (χ2n) is 6.67. The first-order valence-corrected chi connectivity index (χ1v) is 7.78. The highest BCUT2D eigenvalue weighted by molar-refractivity contribution is 5.85. The van der Waals surface area contributed by atoms with Crippen LogP contribution < -0.4 is 5.32 Å². The van der Waals surface area contributed by atoms with Gasteiger partial charge in [-0.15, -0.1) is 0 Å². The number of carbonyl (C=O) groups excluding carboxylic acids is 1. The Balaban J connectivity index is 1.54.